The topological polar surface area (TPSA) is 42.9 Å². The summed E-state index contributed by atoms with van der Waals surface area (Å²) in [6, 6.07) is 0. The lowest BCUT2D eigenvalue weighted by Crippen LogP contribution is -2.04. The fourth-order valence-electron chi connectivity index (χ4n) is 2.07. The van der Waals surface area contributed by atoms with E-state index in [-0.39, 0.29) is 0 Å². The molecule has 1 radical (unpaired) electrons. The van der Waals surface area contributed by atoms with E-state index in [2.05, 4.69) is 9.97 Å². The van der Waals surface area contributed by atoms with Crippen LogP contribution in [0.4, 0.5) is 0 Å². The second-order valence-corrected chi connectivity index (χ2v) is 4.51. The van der Waals surface area contributed by atoms with E-state index in [1.807, 2.05) is 12.5 Å². The average molecular weight is 221 g/mol. The normalized spacial score (nSPS) is 16.9. The summed E-state index contributed by atoms with van der Waals surface area (Å²) >= 11 is 1.51. The van der Waals surface area contributed by atoms with E-state index in [4.69, 9.17) is 0 Å². The Bertz CT molecular complexity index is 362. The van der Waals surface area contributed by atoms with Crippen LogP contribution in [-0.2, 0) is 4.79 Å². The Morgan fingerprint density at radius 3 is 2.80 bits per heavy atom. The van der Waals surface area contributed by atoms with Crippen molar-refractivity contribution < 1.29 is 4.79 Å². The smallest absolute Gasteiger partial charge is 0.237 e. The molecule has 4 heteroatoms. The third-order valence-corrected chi connectivity index (χ3v) is 3.39. The molecule has 15 heavy (non-hydrogen) atoms. The predicted molar refractivity (Wildman–Crippen MR) is 59.8 cm³/mol. The van der Waals surface area contributed by atoms with Crippen LogP contribution in [0.2, 0.25) is 0 Å². The van der Waals surface area contributed by atoms with Gasteiger partial charge >= 0.3 is 0 Å². The molecule has 0 aromatic carbocycles. The van der Waals surface area contributed by atoms with Crippen molar-refractivity contribution in [2.24, 2.45) is 0 Å². The van der Waals surface area contributed by atoms with Gasteiger partial charge in [-0.25, -0.2) is 9.97 Å². The first-order valence-electron chi connectivity index (χ1n) is 5.14. The first kappa shape index (κ1) is 10.6. The molecule has 79 valence electrons. The maximum Gasteiger partial charge on any atom is 0.237 e. The van der Waals surface area contributed by atoms with Crippen molar-refractivity contribution in [1.82, 2.24) is 9.97 Å². The zero-order valence-electron chi connectivity index (χ0n) is 8.69. The van der Waals surface area contributed by atoms with Gasteiger partial charge in [-0.05, 0) is 19.1 Å². The van der Waals surface area contributed by atoms with Crippen molar-refractivity contribution in [3.8, 4) is 0 Å². The van der Waals surface area contributed by atoms with Gasteiger partial charge in [0, 0.05) is 12.1 Å². The van der Waals surface area contributed by atoms with E-state index in [9.17, 15) is 4.79 Å². The monoisotopic (exact) mass is 221 g/mol. The van der Waals surface area contributed by atoms with E-state index in [1.54, 1.807) is 6.20 Å². The lowest BCUT2D eigenvalue weighted by Gasteiger charge is -2.10. The minimum absolute atomic E-state index is 0.440. The summed E-state index contributed by atoms with van der Waals surface area (Å²) in [5, 5.41) is 0.746. The number of carbonyl (C=O) groups excluding carboxylic acids is 1. The molecule has 1 heterocycles. The van der Waals surface area contributed by atoms with Crippen LogP contribution < -0.4 is 0 Å². The van der Waals surface area contributed by atoms with E-state index >= 15 is 0 Å². The van der Waals surface area contributed by atoms with Crippen LogP contribution >= 0.6 is 11.8 Å². The van der Waals surface area contributed by atoms with E-state index in [0.29, 0.717) is 11.5 Å². The van der Waals surface area contributed by atoms with Gasteiger partial charge in [-0.1, -0.05) is 24.6 Å². The maximum absolute atomic E-state index is 10.8. The maximum atomic E-state index is 10.8. The van der Waals surface area contributed by atoms with E-state index < -0.39 is 0 Å². The van der Waals surface area contributed by atoms with Gasteiger partial charge in [0.15, 0.2) is 5.16 Å². The van der Waals surface area contributed by atoms with Crippen LogP contribution in [0.5, 0.6) is 0 Å². The van der Waals surface area contributed by atoms with Gasteiger partial charge in [-0.3, -0.25) is 4.79 Å². The van der Waals surface area contributed by atoms with Crippen LogP contribution in [0, 0.1) is 0 Å². The number of hydrogen-bond acceptors (Lipinski definition) is 4. The Morgan fingerprint density at radius 2 is 2.20 bits per heavy atom. The minimum Gasteiger partial charge on any atom is -0.285 e. The van der Waals surface area contributed by atoms with Crippen LogP contribution in [0.15, 0.2) is 11.4 Å². The Kier molecular flexibility index (Phi) is 3.36. The van der Waals surface area contributed by atoms with E-state index in [0.717, 1.165) is 23.7 Å². The highest BCUT2D eigenvalue weighted by Gasteiger charge is 2.22. The number of aromatic nitrogens is 2. The standard InChI is InChI=1S/C11H13N2OS/c1-15-11-12-6-9(7-14)10(13-11)8-4-2-3-5-8/h6,8H,2-5H2,1H3. The third kappa shape index (κ3) is 2.20. The Balaban J connectivity index is 2.36. The summed E-state index contributed by atoms with van der Waals surface area (Å²) in [6.07, 6.45) is 10.2. The molecule has 1 fully saturated rings. The fraction of sp³-hybridized carbons (Fsp3) is 0.545. The van der Waals surface area contributed by atoms with E-state index in [1.165, 1.54) is 24.6 Å². The van der Waals surface area contributed by atoms with Crippen LogP contribution in [-0.4, -0.2) is 22.5 Å². The molecule has 1 aliphatic carbocycles. The van der Waals surface area contributed by atoms with Gasteiger partial charge in [0.2, 0.25) is 6.29 Å². The number of hydrogen-bond donors (Lipinski definition) is 0. The molecule has 1 saturated carbocycles. The fourth-order valence-corrected chi connectivity index (χ4v) is 2.41. The molecule has 1 aromatic heterocycles. The van der Waals surface area contributed by atoms with Crippen molar-refractivity contribution in [1.29, 1.82) is 0 Å². The predicted octanol–water partition coefficient (Wildman–Crippen LogP) is 2.31. The molecular formula is C11H13N2OS. The molecule has 0 N–H and O–H groups in total. The summed E-state index contributed by atoms with van der Waals surface area (Å²) in [4.78, 5) is 19.3. The van der Waals surface area contributed by atoms with Gasteiger partial charge in [-0.15, -0.1) is 0 Å². The zero-order chi connectivity index (χ0) is 10.7. The van der Waals surface area contributed by atoms with Gasteiger partial charge in [0.25, 0.3) is 0 Å². The van der Waals surface area contributed by atoms with Gasteiger partial charge in [-0.2, -0.15) is 0 Å². The molecular weight excluding hydrogens is 208 g/mol. The first-order chi connectivity index (χ1) is 7.35. The number of rotatable bonds is 3. The highest BCUT2D eigenvalue weighted by atomic mass is 32.2. The van der Waals surface area contributed by atoms with Crippen LogP contribution in [0.3, 0.4) is 0 Å². The van der Waals surface area contributed by atoms with Crippen molar-refractivity contribution in [2.75, 3.05) is 6.26 Å². The Hall–Kier alpha value is -0.900. The Labute approximate surface area is 93.7 Å². The first-order valence-corrected chi connectivity index (χ1v) is 6.36. The molecule has 0 bridgehead atoms. The molecule has 1 aliphatic rings. The minimum atomic E-state index is 0.440. The molecule has 0 unspecified atom stereocenters. The number of nitrogens with zero attached hydrogens (tertiary/aromatic N) is 2. The summed E-state index contributed by atoms with van der Waals surface area (Å²) in [5.74, 6) is 0.440. The summed E-state index contributed by atoms with van der Waals surface area (Å²) in [6.45, 7) is 0. The molecule has 0 saturated heterocycles. The highest BCUT2D eigenvalue weighted by molar-refractivity contribution is 7.98. The molecule has 0 spiro atoms. The van der Waals surface area contributed by atoms with Crippen LogP contribution in [0.25, 0.3) is 0 Å². The molecule has 0 aliphatic heterocycles. The zero-order valence-corrected chi connectivity index (χ0v) is 9.51. The largest absolute Gasteiger partial charge is 0.285 e. The van der Waals surface area contributed by atoms with Crippen molar-refractivity contribution in [3.05, 3.63) is 17.5 Å². The summed E-state index contributed by atoms with van der Waals surface area (Å²) < 4.78 is 0. The van der Waals surface area contributed by atoms with Gasteiger partial charge < -0.3 is 0 Å². The van der Waals surface area contributed by atoms with Crippen LogP contribution in [0.1, 0.15) is 42.9 Å². The Morgan fingerprint density at radius 1 is 1.47 bits per heavy atom. The summed E-state index contributed by atoms with van der Waals surface area (Å²) in [7, 11) is 0. The SMILES string of the molecule is CSc1ncc([C]=O)c(C2CCCC2)n1. The molecule has 0 amide bonds. The highest BCUT2D eigenvalue weighted by Crippen LogP contribution is 2.34. The second-order valence-electron chi connectivity index (χ2n) is 3.74. The summed E-state index contributed by atoms with van der Waals surface area (Å²) in [5.41, 5.74) is 1.45. The van der Waals surface area contributed by atoms with Crippen molar-refractivity contribution in [3.63, 3.8) is 0 Å². The molecule has 0 atom stereocenters. The quantitative estimate of drug-likeness (QED) is 0.580. The second kappa shape index (κ2) is 4.75. The number of thioether (sulfide) groups is 1. The lowest BCUT2D eigenvalue weighted by molar-refractivity contribution is 0.560. The van der Waals surface area contributed by atoms with Gasteiger partial charge in [0.05, 0.1) is 11.3 Å². The van der Waals surface area contributed by atoms with Crippen molar-refractivity contribution in [2.45, 2.75) is 36.8 Å². The average Bonchev–Trinajstić information content (AvgIpc) is 2.81. The van der Waals surface area contributed by atoms with Gasteiger partial charge in [0.1, 0.15) is 0 Å². The van der Waals surface area contributed by atoms with Crippen molar-refractivity contribution >= 4 is 18.0 Å². The molecule has 1 aromatic rings. The third-order valence-electron chi connectivity index (χ3n) is 2.83. The lowest BCUT2D eigenvalue weighted by atomic mass is 10.0. The molecule has 3 nitrogen and oxygen atoms in total. The molecule has 2 rings (SSSR count).